The fourth-order valence-electron chi connectivity index (χ4n) is 1.64. The first-order valence-corrected chi connectivity index (χ1v) is 6.38. The summed E-state index contributed by atoms with van der Waals surface area (Å²) in [7, 11) is 0. The third-order valence-electron chi connectivity index (χ3n) is 2.63. The number of hydrogen-bond acceptors (Lipinski definition) is 3. The Labute approximate surface area is 116 Å². The Morgan fingerprint density at radius 1 is 1.37 bits per heavy atom. The molecule has 0 saturated carbocycles. The van der Waals surface area contributed by atoms with Gasteiger partial charge in [0.15, 0.2) is 5.76 Å². The Morgan fingerprint density at radius 2 is 2.11 bits per heavy atom. The van der Waals surface area contributed by atoms with E-state index in [9.17, 15) is 4.39 Å². The minimum atomic E-state index is -0.373. The Morgan fingerprint density at radius 3 is 2.74 bits per heavy atom. The van der Waals surface area contributed by atoms with Crippen molar-refractivity contribution in [1.29, 1.82) is 0 Å². The van der Waals surface area contributed by atoms with Gasteiger partial charge in [-0.1, -0.05) is 16.8 Å². The van der Waals surface area contributed by atoms with E-state index in [2.05, 4.69) is 31.2 Å². The van der Waals surface area contributed by atoms with Gasteiger partial charge in [0.2, 0.25) is 0 Å². The molecule has 0 amide bonds. The highest BCUT2D eigenvalue weighted by atomic mass is 35.5. The van der Waals surface area contributed by atoms with Crippen molar-refractivity contribution in [3.63, 3.8) is 0 Å². The summed E-state index contributed by atoms with van der Waals surface area (Å²) in [6.07, 6.45) is 1.65. The molecular weight excluding hydrogens is 267 g/mol. The van der Waals surface area contributed by atoms with Crippen molar-refractivity contribution in [2.75, 3.05) is 0 Å². The van der Waals surface area contributed by atoms with Gasteiger partial charge in [-0.15, -0.1) is 0 Å². The molecule has 0 radical (unpaired) electrons. The van der Waals surface area contributed by atoms with Crippen molar-refractivity contribution < 1.29 is 8.91 Å². The lowest BCUT2D eigenvalue weighted by Crippen LogP contribution is -2.35. The topological polar surface area (TPSA) is 38.1 Å². The van der Waals surface area contributed by atoms with Gasteiger partial charge in [-0.2, -0.15) is 0 Å². The van der Waals surface area contributed by atoms with E-state index in [1.807, 2.05) is 0 Å². The third-order valence-corrected chi connectivity index (χ3v) is 2.94. The maximum absolute atomic E-state index is 13.1. The van der Waals surface area contributed by atoms with Crippen molar-refractivity contribution in [2.45, 2.75) is 32.9 Å². The summed E-state index contributed by atoms with van der Waals surface area (Å²) in [5.74, 6) is 0.199. The molecule has 0 unspecified atom stereocenters. The largest absolute Gasteiger partial charge is 0.356 e. The zero-order chi connectivity index (χ0) is 14.0. The molecule has 0 aliphatic carbocycles. The molecule has 19 heavy (non-hydrogen) atoms. The lowest BCUT2D eigenvalue weighted by Gasteiger charge is -2.20. The molecule has 102 valence electrons. The van der Waals surface area contributed by atoms with Gasteiger partial charge in [0.25, 0.3) is 0 Å². The Hall–Kier alpha value is -1.39. The highest BCUT2D eigenvalue weighted by Crippen LogP contribution is 2.31. The molecule has 0 aliphatic heterocycles. The van der Waals surface area contributed by atoms with Crippen molar-refractivity contribution >= 4 is 11.6 Å². The molecule has 3 nitrogen and oxygen atoms in total. The van der Waals surface area contributed by atoms with E-state index >= 15 is 0 Å². The average Bonchev–Trinajstić information content (AvgIpc) is 2.73. The molecule has 1 N–H and O–H groups in total. The van der Waals surface area contributed by atoms with Crippen LogP contribution in [0.2, 0.25) is 5.02 Å². The summed E-state index contributed by atoms with van der Waals surface area (Å²) in [4.78, 5) is 0. The van der Waals surface area contributed by atoms with E-state index in [-0.39, 0.29) is 11.4 Å². The van der Waals surface area contributed by atoms with Crippen LogP contribution in [0.3, 0.4) is 0 Å². The van der Waals surface area contributed by atoms with Crippen LogP contribution < -0.4 is 5.32 Å². The highest BCUT2D eigenvalue weighted by Gasteiger charge is 2.16. The van der Waals surface area contributed by atoms with E-state index in [0.29, 0.717) is 22.9 Å². The molecule has 1 aromatic carbocycles. The first-order valence-electron chi connectivity index (χ1n) is 6.01. The predicted molar refractivity (Wildman–Crippen MR) is 73.5 cm³/mol. The zero-order valence-corrected chi connectivity index (χ0v) is 11.9. The summed E-state index contributed by atoms with van der Waals surface area (Å²) in [5, 5.41) is 7.46. The standard InChI is InChI=1S/C14H16ClFN2O/c1-14(2,3)17-7-9-8-18-19-13(9)11-5-4-10(16)6-12(11)15/h4-6,8,17H,7H2,1-3H3. The Bertz CT molecular complexity index is 575. The summed E-state index contributed by atoms with van der Waals surface area (Å²) >= 11 is 6.03. The number of nitrogens with zero attached hydrogens (tertiary/aromatic N) is 1. The normalized spacial score (nSPS) is 11.8. The maximum atomic E-state index is 13.1. The molecule has 2 rings (SSSR count). The van der Waals surface area contributed by atoms with Crippen LogP contribution in [0.5, 0.6) is 0 Å². The van der Waals surface area contributed by atoms with Crippen LogP contribution in [-0.2, 0) is 6.54 Å². The SMILES string of the molecule is CC(C)(C)NCc1cnoc1-c1ccc(F)cc1Cl. The number of rotatable bonds is 3. The van der Waals surface area contributed by atoms with E-state index in [0.717, 1.165) is 5.56 Å². The van der Waals surface area contributed by atoms with Crippen LogP contribution in [0.1, 0.15) is 26.3 Å². The minimum Gasteiger partial charge on any atom is -0.356 e. The molecule has 1 aromatic heterocycles. The molecule has 0 atom stereocenters. The van der Waals surface area contributed by atoms with Crippen LogP contribution >= 0.6 is 11.6 Å². The molecule has 0 saturated heterocycles. The maximum Gasteiger partial charge on any atom is 0.172 e. The van der Waals surface area contributed by atoms with Crippen LogP contribution in [0, 0.1) is 5.82 Å². The lowest BCUT2D eigenvalue weighted by molar-refractivity contribution is 0.418. The van der Waals surface area contributed by atoms with Gasteiger partial charge in [0.1, 0.15) is 5.82 Å². The quantitative estimate of drug-likeness (QED) is 0.924. The molecule has 0 fully saturated rings. The van der Waals surface area contributed by atoms with Gasteiger partial charge in [-0.25, -0.2) is 4.39 Å². The molecule has 2 aromatic rings. The van der Waals surface area contributed by atoms with E-state index < -0.39 is 0 Å². The molecule has 0 spiro atoms. The summed E-state index contributed by atoms with van der Waals surface area (Å²) in [6, 6.07) is 4.21. The number of nitrogens with one attached hydrogen (secondary N) is 1. The number of hydrogen-bond donors (Lipinski definition) is 1. The number of benzene rings is 1. The number of aromatic nitrogens is 1. The van der Waals surface area contributed by atoms with Crippen LogP contribution in [-0.4, -0.2) is 10.7 Å². The molecule has 5 heteroatoms. The monoisotopic (exact) mass is 282 g/mol. The second-order valence-electron chi connectivity index (χ2n) is 5.41. The number of halogens is 2. The van der Waals surface area contributed by atoms with Crippen molar-refractivity contribution in [1.82, 2.24) is 10.5 Å². The smallest absolute Gasteiger partial charge is 0.172 e. The zero-order valence-electron chi connectivity index (χ0n) is 11.1. The fraction of sp³-hybridized carbons (Fsp3) is 0.357. The first kappa shape index (κ1) is 14.0. The molecular formula is C14H16ClFN2O. The van der Waals surface area contributed by atoms with Gasteiger partial charge >= 0.3 is 0 Å². The third kappa shape index (κ3) is 3.55. The highest BCUT2D eigenvalue weighted by molar-refractivity contribution is 6.33. The second kappa shape index (κ2) is 5.31. The first-order chi connectivity index (χ1) is 8.87. The van der Waals surface area contributed by atoms with Crippen LogP contribution in [0.15, 0.2) is 28.9 Å². The summed E-state index contributed by atoms with van der Waals surface area (Å²) < 4.78 is 18.3. The minimum absolute atomic E-state index is 0.0128. The van der Waals surface area contributed by atoms with Crippen molar-refractivity contribution in [2.24, 2.45) is 0 Å². The second-order valence-corrected chi connectivity index (χ2v) is 5.82. The van der Waals surface area contributed by atoms with Gasteiger partial charge in [-0.3, -0.25) is 0 Å². The fourth-order valence-corrected chi connectivity index (χ4v) is 1.90. The predicted octanol–water partition coefficient (Wildman–Crippen LogP) is 4.02. The molecule has 0 aliphatic rings. The van der Waals surface area contributed by atoms with E-state index in [1.165, 1.54) is 12.1 Å². The Balaban J connectivity index is 2.28. The van der Waals surface area contributed by atoms with E-state index in [1.54, 1.807) is 12.3 Å². The lowest BCUT2D eigenvalue weighted by atomic mass is 10.1. The van der Waals surface area contributed by atoms with Gasteiger partial charge in [0.05, 0.1) is 11.2 Å². The summed E-state index contributed by atoms with van der Waals surface area (Å²) in [5.41, 5.74) is 1.52. The van der Waals surface area contributed by atoms with Crippen LogP contribution in [0.4, 0.5) is 4.39 Å². The van der Waals surface area contributed by atoms with E-state index in [4.69, 9.17) is 16.1 Å². The summed E-state index contributed by atoms with van der Waals surface area (Å²) in [6.45, 7) is 6.83. The average molecular weight is 283 g/mol. The molecule has 0 bridgehead atoms. The van der Waals surface area contributed by atoms with Crippen LogP contribution in [0.25, 0.3) is 11.3 Å². The van der Waals surface area contributed by atoms with Crippen molar-refractivity contribution in [3.8, 4) is 11.3 Å². The Kier molecular flexibility index (Phi) is 3.92. The van der Waals surface area contributed by atoms with Gasteiger partial charge in [0, 0.05) is 23.2 Å². The molecule has 1 heterocycles. The van der Waals surface area contributed by atoms with Gasteiger partial charge in [-0.05, 0) is 39.0 Å². The van der Waals surface area contributed by atoms with Gasteiger partial charge < -0.3 is 9.84 Å². The van der Waals surface area contributed by atoms with Crippen molar-refractivity contribution in [3.05, 3.63) is 40.8 Å².